The Morgan fingerprint density at radius 3 is 1.64 bits per heavy atom. The van der Waals surface area contributed by atoms with Crippen LogP contribution in [0.1, 0.15) is 12.8 Å². The summed E-state index contributed by atoms with van der Waals surface area (Å²) in [5.41, 5.74) is 0. The predicted molar refractivity (Wildman–Crippen MR) is 54.0 cm³/mol. The third-order valence-electron chi connectivity index (χ3n) is 1.46. The summed E-state index contributed by atoms with van der Waals surface area (Å²) in [5, 5.41) is 0. The molecular weight excluding hydrogens is 152 g/mol. The first-order valence-corrected chi connectivity index (χ1v) is 5.22. The summed E-state index contributed by atoms with van der Waals surface area (Å²) in [5.74, 6) is 2.83. The summed E-state index contributed by atoms with van der Waals surface area (Å²) in [6.45, 7) is 0. The highest BCUT2D eigenvalue weighted by Crippen LogP contribution is 2.14. The van der Waals surface area contributed by atoms with Crippen LogP contribution in [0.25, 0.3) is 0 Å². The van der Waals surface area contributed by atoms with Crippen molar-refractivity contribution in [3.8, 4) is 0 Å². The lowest BCUT2D eigenvalue weighted by atomic mass is 10.4. The van der Waals surface area contributed by atoms with Crippen molar-refractivity contribution < 1.29 is 0 Å². The van der Waals surface area contributed by atoms with Crippen LogP contribution in [-0.4, -0.2) is 11.5 Å². The molecule has 0 N–H and O–H groups in total. The molecule has 1 aliphatic heterocycles. The van der Waals surface area contributed by atoms with Gasteiger partial charge in [-0.2, -0.15) is 11.8 Å². The highest BCUT2D eigenvalue weighted by atomic mass is 32.2. The van der Waals surface area contributed by atoms with Crippen molar-refractivity contribution in [2.75, 3.05) is 11.5 Å². The molecule has 1 heterocycles. The Hall–Kier alpha value is -0.430. The second kappa shape index (κ2) is 6.29. The van der Waals surface area contributed by atoms with Gasteiger partial charge in [0.15, 0.2) is 0 Å². The minimum absolute atomic E-state index is 1.08. The minimum atomic E-state index is 1.08. The number of rotatable bonds is 0. The Morgan fingerprint density at radius 2 is 1.27 bits per heavy atom. The zero-order chi connectivity index (χ0) is 7.78. The van der Waals surface area contributed by atoms with E-state index in [1.807, 2.05) is 23.9 Å². The van der Waals surface area contributed by atoms with Crippen molar-refractivity contribution in [3.63, 3.8) is 0 Å². The van der Waals surface area contributed by atoms with E-state index < -0.39 is 0 Å². The fraction of sp³-hybridized carbons (Fsp3) is 0.400. The largest absolute Gasteiger partial charge is 0.162 e. The van der Waals surface area contributed by atoms with Gasteiger partial charge in [0.25, 0.3) is 0 Å². The van der Waals surface area contributed by atoms with E-state index in [4.69, 9.17) is 0 Å². The van der Waals surface area contributed by atoms with Crippen molar-refractivity contribution in [1.29, 1.82) is 0 Å². The van der Waals surface area contributed by atoms with E-state index >= 15 is 0 Å². The summed E-state index contributed by atoms with van der Waals surface area (Å²) in [4.78, 5) is 0. The van der Waals surface area contributed by atoms with Crippen LogP contribution in [0.2, 0.25) is 0 Å². The van der Waals surface area contributed by atoms with Crippen molar-refractivity contribution in [2.45, 2.75) is 12.8 Å². The number of hydrogen-bond acceptors (Lipinski definition) is 1. The Balaban J connectivity index is 0.000000128. The van der Waals surface area contributed by atoms with Crippen LogP contribution >= 0.6 is 11.8 Å². The van der Waals surface area contributed by atoms with Crippen LogP contribution in [-0.2, 0) is 0 Å². The van der Waals surface area contributed by atoms with Gasteiger partial charge in [-0.3, -0.25) is 0 Å². The molecule has 0 aromatic heterocycles. The van der Waals surface area contributed by atoms with Gasteiger partial charge < -0.3 is 0 Å². The molecular formula is C10H14S. The molecule has 0 aromatic carbocycles. The lowest BCUT2D eigenvalue weighted by Crippen LogP contribution is -1.94. The van der Waals surface area contributed by atoms with Gasteiger partial charge in [-0.05, 0) is 24.3 Å². The van der Waals surface area contributed by atoms with E-state index in [0.29, 0.717) is 0 Å². The molecule has 1 saturated heterocycles. The highest BCUT2D eigenvalue weighted by Gasteiger charge is 1.95. The number of hydrogen-bond donors (Lipinski definition) is 0. The maximum absolute atomic E-state index is 2.12. The van der Waals surface area contributed by atoms with Crippen molar-refractivity contribution >= 4 is 11.8 Å². The van der Waals surface area contributed by atoms with Gasteiger partial charge in [0.2, 0.25) is 0 Å². The van der Waals surface area contributed by atoms with Crippen LogP contribution in [0, 0.1) is 0 Å². The van der Waals surface area contributed by atoms with Crippen molar-refractivity contribution in [3.05, 3.63) is 36.5 Å². The second-order valence-corrected chi connectivity index (χ2v) is 3.67. The Bertz CT molecular complexity index is 144. The fourth-order valence-electron chi connectivity index (χ4n) is 0.665. The first-order valence-electron chi connectivity index (χ1n) is 4.06. The SMILES string of the molecule is C1=CC=CCC=C1.C1CSC1. The zero-order valence-corrected chi connectivity index (χ0v) is 7.52. The van der Waals surface area contributed by atoms with Gasteiger partial charge >= 0.3 is 0 Å². The second-order valence-electron chi connectivity index (χ2n) is 2.44. The van der Waals surface area contributed by atoms with Gasteiger partial charge in [-0.15, -0.1) is 0 Å². The van der Waals surface area contributed by atoms with E-state index in [-0.39, 0.29) is 0 Å². The van der Waals surface area contributed by atoms with Crippen LogP contribution in [0.4, 0.5) is 0 Å². The minimum Gasteiger partial charge on any atom is -0.162 e. The molecule has 0 bridgehead atoms. The van der Waals surface area contributed by atoms with E-state index in [1.54, 1.807) is 0 Å². The summed E-state index contributed by atoms with van der Waals surface area (Å²) in [7, 11) is 0. The average Bonchev–Trinajstić information content (AvgIpc) is 2.10. The molecule has 11 heavy (non-hydrogen) atoms. The summed E-state index contributed by atoms with van der Waals surface area (Å²) in [6, 6.07) is 0. The molecule has 0 atom stereocenters. The smallest absolute Gasteiger partial charge is 0.00597 e. The molecule has 0 spiro atoms. The zero-order valence-electron chi connectivity index (χ0n) is 6.70. The molecule has 1 aliphatic carbocycles. The summed E-state index contributed by atoms with van der Waals surface area (Å²) >= 11 is 2.04. The van der Waals surface area contributed by atoms with Gasteiger partial charge in [-0.1, -0.05) is 36.5 Å². The molecule has 0 nitrogen and oxygen atoms in total. The molecule has 0 aromatic rings. The average molecular weight is 166 g/mol. The van der Waals surface area contributed by atoms with Crippen LogP contribution in [0.5, 0.6) is 0 Å². The number of thioether (sulfide) groups is 1. The molecule has 0 amide bonds. The predicted octanol–water partition coefficient (Wildman–Crippen LogP) is 3.18. The summed E-state index contributed by atoms with van der Waals surface area (Å²) < 4.78 is 0. The molecule has 60 valence electrons. The van der Waals surface area contributed by atoms with E-state index in [2.05, 4.69) is 24.3 Å². The molecule has 2 aliphatic rings. The molecule has 0 unspecified atom stereocenters. The topological polar surface area (TPSA) is 0 Å². The van der Waals surface area contributed by atoms with Gasteiger partial charge in [0.05, 0.1) is 0 Å². The van der Waals surface area contributed by atoms with Crippen LogP contribution < -0.4 is 0 Å². The Morgan fingerprint density at radius 1 is 0.818 bits per heavy atom. The van der Waals surface area contributed by atoms with Crippen LogP contribution in [0.3, 0.4) is 0 Å². The van der Waals surface area contributed by atoms with Gasteiger partial charge in [0.1, 0.15) is 0 Å². The Labute approximate surface area is 73.1 Å². The molecule has 2 rings (SSSR count). The quantitative estimate of drug-likeness (QED) is 0.532. The van der Waals surface area contributed by atoms with E-state index in [9.17, 15) is 0 Å². The normalized spacial score (nSPS) is 19.6. The molecule has 1 heteroatoms. The van der Waals surface area contributed by atoms with Gasteiger partial charge in [-0.25, -0.2) is 0 Å². The molecule has 0 saturated carbocycles. The van der Waals surface area contributed by atoms with E-state index in [0.717, 1.165) is 6.42 Å². The molecule has 0 radical (unpaired) electrons. The lowest BCUT2D eigenvalue weighted by Gasteiger charge is -2.05. The fourth-order valence-corrected chi connectivity index (χ4v) is 0.954. The third-order valence-corrected chi connectivity index (χ3v) is 2.61. The Kier molecular flexibility index (Phi) is 4.96. The molecule has 1 fully saturated rings. The lowest BCUT2D eigenvalue weighted by molar-refractivity contribution is 1.06. The van der Waals surface area contributed by atoms with Crippen molar-refractivity contribution in [1.82, 2.24) is 0 Å². The summed E-state index contributed by atoms with van der Waals surface area (Å²) in [6.07, 6.45) is 15.0. The third kappa shape index (κ3) is 4.91. The van der Waals surface area contributed by atoms with Gasteiger partial charge in [0, 0.05) is 0 Å². The van der Waals surface area contributed by atoms with Crippen LogP contribution in [0.15, 0.2) is 36.5 Å². The first kappa shape index (κ1) is 8.66. The monoisotopic (exact) mass is 166 g/mol. The maximum atomic E-state index is 2.12. The first-order chi connectivity index (χ1) is 5.50. The highest BCUT2D eigenvalue weighted by molar-refractivity contribution is 8.00. The number of allylic oxidation sites excluding steroid dienone is 6. The van der Waals surface area contributed by atoms with E-state index in [1.165, 1.54) is 17.9 Å². The standard InChI is InChI=1S/C7H8.C3H6S/c1-2-4-6-7-5-3-1;1-2-4-3-1/h1-6H,7H2;1-3H2. The maximum Gasteiger partial charge on any atom is -0.00597 e. The van der Waals surface area contributed by atoms with Crippen molar-refractivity contribution in [2.24, 2.45) is 0 Å².